The highest BCUT2D eigenvalue weighted by molar-refractivity contribution is 5.94. The Bertz CT molecular complexity index is 505. The van der Waals surface area contributed by atoms with E-state index in [4.69, 9.17) is 0 Å². The van der Waals surface area contributed by atoms with Gasteiger partial charge in [0.15, 0.2) is 0 Å². The minimum Gasteiger partial charge on any atom is -0.327 e. The lowest BCUT2D eigenvalue weighted by atomic mass is 10.1. The Morgan fingerprint density at radius 1 is 1.45 bits per heavy atom. The molecule has 6 heteroatoms. The van der Waals surface area contributed by atoms with Crippen molar-refractivity contribution in [3.05, 3.63) is 29.6 Å². The number of aromatic nitrogens is 1. The van der Waals surface area contributed by atoms with Gasteiger partial charge < -0.3 is 10.2 Å². The molecule has 3 rings (SSSR count). The lowest BCUT2D eigenvalue weighted by Gasteiger charge is -2.35. The van der Waals surface area contributed by atoms with E-state index in [2.05, 4.69) is 10.3 Å². The van der Waals surface area contributed by atoms with Crippen molar-refractivity contribution in [3.8, 4) is 0 Å². The van der Waals surface area contributed by atoms with Crippen LogP contribution in [-0.2, 0) is 0 Å². The zero-order valence-electron chi connectivity index (χ0n) is 11.1. The third-order valence-electron chi connectivity index (χ3n) is 3.86. The quantitative estimate of drug-likeness (QED) is 0.916. The van der Waals surface area contributed by atoms with E-state index in [1.165, 1.54) is 4.90 Å². The second-order valence-electron chi connectivity index (χ2n) is 5.35. The van der Waals surface area contributed by atoms with E-state index in [1.807, 2.05) is 0 Å². The van der Waals surface area contributed by atoms with Gasteiger partial charge in [-0.2, -0.15) is 0 Å². The maximum atomic E-state index is 13.0. The number of halogens is 2. The van der Waals surface area contributed by atoms with Gasteiger partial charge >= 0.3 is 0 Å². The van der Waals surface area contributed by atoms with Crippen molar-refractivity contribution in [1.82, 2.24) is 15.2 Å². The maximum Gasteiger partial charge on any atom is 0.259 e. The molecule has 2 heterocycles. The average Bonchev–Trinajstić information content (AvgIpc) is 3.31. The van der Waals surface area contributed by atoms with Crippen molar-refractivity contribution in [2.75, 3.05) is 19.6 Å². The highest BCUT2D eigenvalue weighted by atomic mass is 19.3. The zero-order valence-corrected chi connectivity index (χ0v) is 11.1. The molecule has 2 aliphatic rings. The minimum atomic E-state index is -2.53. The normalized spacial score (nSPS) is 23.1. The molecule has 1 aliphatic carbocycles. The molecule has 1 amide bonds. The molecule has 1 atom stereocenters. The molecular formula is C14H17F2N3O. The summed E-state index contributed by atoms with van der Waals surface area (Å²) in [5.74, 6) is 0.123. The number of carbonyl (C=O) groups is 1. The monoisotopic (exact) mass is 281 g/mol. The number of nitrogens with one attached hydrogen (secondary N) is 1. The van der Waals surface area contributed by atoms with Crippen LogP contribution in [0.2, 0.25) is 0 Å². The van der Waals surface area contributed by atoms with E-state index in [9.17, 15) is 13.6 Å². The Morgan fingerprint density at radius 3 is 2.95 bits per heavy atom. The summed E-state index contributed by atoms with van der Waals surface area (Å²) in [5.41, 5.74) is 1.37. The standard InChI is InChI=1S/C14H17F2N3O/c15-13(16)12-8-17-5-6-19(12)14(20)10-3-4-18-11(7-10)9-1-2-9/h3-4,7,9,12-13,17H,1-2,5-6,8H2. The van der Waals surface area contributed by atoms with E-state index in [0.717, 1.165) is 18.5 Å². The van der Waals surface area contributed by atoms with Crippen molar-refractivity contribution < 1.29 is 13.6 Å². The van der Waals surface area contributed by atoms with Crippen LogP contribution < -0.4 is 5.32 Å². The molecule has 1 saturated carbocycles. The Hall–Kier alpha value is -1.56. The van der Waals surface area contributed by atoms with Crippen LogP contribution in [-0.4, -0.2) is 47.9 Å². The van der Waals surface area contributed by atoms with Gasteiger partial charge in [-0.15, -0.1) is 0 Å². The van der Waals surface area contributed by atoms with Gasteiger partial charge in [0.2, 0.25) is 0 Å². The number of pyridine rings is 1. The fourth-order valence-corrected chi connectivity index (χ4v) is 2.55. The summed E-state index contributed by atoms with van der Waals surface area (Å²) in [6.45, 7) is 1.01. The zero-order chi connectivity index (χ0) is 14.1. The Labute approximate surface area is 116 Å². The summed E-state index contributed by atoms with van der Waals surface area (Å²) in [5, 5.41) is 2.91. The van der Waals surface area contributed by atoms with Gasteiger partial charge in [0.05, 0.1) is 0 Å². The van der Waals surface area contributed by atoms with Crippen LogP contribution in [0.3, 0.4) is 0 Å². The summed E-state index contributed by atoms with van der Waals surface area (Å²) in [6, 6.07) is 2.32. The largest absolute Gasteiger partial charge is 0.327 e. The molecule has 1 aromatic rings. The Morgan fingerprint density at radius 2 is 2.25 bits per heavy atom. The summed E-state index contributed by atoms with van der Waals surface area (Å²) < 4.78 is 26.0. The summed E-state index contributed by atoms with van der Waals surface area (Å²) in [4.78, 5) is 18.0. The number of carbonyl (C=O) groups excluding carboxylic acids is 1. The van der Waals surface area contributed by atoms with Gasteiger partial charge in [0.1, 0.15) is 6.04 Å². The predicted octanol–water partition coefficient (Wildman–Crippen LogP) is 1.64. The summed E-state index contributed by atoms with van der Waals surface area (Å²) in [6.07, 6.45) is 1.26. The minimum absolute atomic E-state index is 0.143. The van der Waals surface area contributed by atoms with Gasteiger partial charge in [-0.3, -0.25) is 9.78 Å². The predicted molar refractivity (Wildman–Crippen MR) is 69.9 cm³/mol. The van der Waals surface area contributed by atoms with Crippen LogP contribution in [0.1, 0.15) is 34.8 Å². The first-order valence-corrected chi connectivity index (χ1v) is 6.92. The van der Waals surface area contributed by atoms with Crippen LogP contribution in [0, 0.1) is 0 Å². The fourth-order valence-electron chi connectivity index (χ4n) is 2.55. The SMILES string of the molecule is O=C(c1ccnc(C2CC2)c1)N1CCNCC1C(F)F. The van der Waals surface area contributed by atoms with E-state index in [1.54, 1.807) is 18.3 Å². The highest BCUT2D eigenvalue weighted by Crippen LogP contribution is 2.39. The van der Waals surface area contributed by atoms with Gasteiger partial charge in [-0.25, -0.2) is 8.78 Å². The summed E-state index contributed by atoms with van der Waals surface area (Å²) >= 11 is 0. The van der Waals surface area contributed by atoms with Crippen LogP contribution in [0.4, 0.5) is 8.78 Å². The number of hydrogen-bond acceptors (Lipinski definition) is 3. The van der Waals surface area contributed by atoms with Crippen molar-refractivity contribution >= 4 is 5.91 Å². The molecule has 0 bridgehead atoms. The van der Waals surface area contributed by atoms with E-state index >= 15 is 0 Å². The molecule has 1 unspecified atom stereocenters. The van der Waals surface area contributed by atoms with Crippen molar-refractivity contribution in [3.63, 3.8) is 0 Å². The van der Waals surface area contributed by atoms with E-state index < -0.39 is 12.5 Å². The van der Waals surface area contributed by atoms with Crippen molar-refractivity contribution in [2.45, 2.75) is 31.2 Å². The molecule has 1 saturated heterocycles. The van der Waals surface area contributed by atoms with Crippen LogP contribution in [0.25, 0.3) is 0 Å². The number of alkyl halides is 2. The van der Waals surface area contributed by atoms with Crippen LogP contribution >= 0.6 is 0 Å². The molecule has 4 nitrogen and oxygen atoms in total. The third kappa shape index (κ3) is 2.65. The number of hydrogen-bond donors (Lipinski definition) is 1. The van der Waals surface area contributed by atoms with Gasteiger partial charge in [0.25, 0.3) is 12.3 Å². The molecular weight excluding hydrogens is 264 g/mol. The lowest BCUT2D eigenvalue weighted by Crippen LogP contribution is -2.56. The highest BCUT2D eigenvalue weighted by Gasteiger charge is 2.34. The molecule has 108 valence electrons. The fraction of sp³-hybridized carbons (Fsp3) is 0.571. The van der Waals surface area contributed by atoms with Gasteiger partial charge in [0, 0.05) is 43.0 Å². The first-order valence-electron chi connectivity index (χ1n) is 6.92. The molecule has 0 aromatic carbocycles. The van der Waals surface area contributed by atoms with Crippen molar-refractivity contribution in [1.29, 1.82) is 0 Å². The topological polar surface area (TPSA) is 45.2 Å². The van der Waals surface area contributed by atoms with Gasteiger partial charge in [-0.1, -0.05) is 0 Å². The summed E-state index contributed by atoms with van der Waals surface area (Å²) in [7, 11) is 0. The van der Waals surface area contributed by atoms with Crippen LogP contribution in [0.15, 0.2) is 18.3 Å². The first kappa shape index (κ1) is 13.4. The van der Waals surface area contributed by atoms with E-state index in [0.29, 0.717) is 24.6 Å². The molecule has 1 aromatic heterocycles. The second kappa shape index (κ2) is 5.44. The molecule has 1 aliphatic heterocycles. The third-order valence-corrected chi connectivity index (χ3v) is 3.86. The molecule has 2 fully saturated rings. The molecule has 1 N–H and O–H groups in total. The first-order chi connectivity index (χ1) is 9.66. The number of nitrogens with zero attached hydrogens (tertiary/aromatic N) is 2. The molecule has 20 heavy (non-hydrogen) atoms. The van der Waals surface area contributed by atoms with E-state index in [-0.39, 0.29) is 12.5 Å². The smallest absolute Gasteiger partial charge is 0.259 e. The molecule has 0 spiro atoms. The average molecular weight is 281 g/mol. The van der Waals surface area contributed by atoms with Gasteiger partial charge in [-0.05, 0) is 25.0 Å². The number of rotatable bonds is 3. The second-order valence-corrected chi connectivity index (χ2v) is 5.35. The number of piperazine rings is 1. The maximum absolute atomic E-state index is 13.0. The number of amides is 1. The molecule has 0 radical (unpaired) electrons. The van der Waals surface area contributed by atoms with Crippen molar-refractivity contribution in [2.24, 2.45) is 0 Å². The van der Waals surface area contributed by atoms with Crippen LogP contribution in [0.5, 0.6) is 0 Å². The Kier molecular flexibility index (Phi) is 3.65. The lowest BCUT2D eigenvalue weighted by molar-refractivity contribution is 0.0126. The Balaban J connectivity index is 1.81.